The Labute approximate surface area is 135 Å². The summed E-state index contributed by atoms with van der Waals surface area (Å²) in [4.78, 5) is 12.2. The minimum atomic E-state index is -0.362. The quantitative estimate of drug-likeness (QED) is 0.864. The molecule has 4 nitrogen and oxygen atoms in total. The van der Waals surface area contributed by atoms with Crippen LogP contribution in [0.1, 0.15) is 10.4 Å². The lowest BCUT2D eigenvalue weighted by Gasteiger charge is -2.08. The van der Waals surface area contributed by atoms with Crippen LogP contribution in [-0.4, -0.2) is 12.7 Å². The van der Waals surface area contributed by atoms with Gasteiger partial charge in [0.2, 0.25) is 6.79 Å². The van der Waals surface area contributed by atoms with E-state index in [0.29, 0.717) is 37.8 Å². The van der Waals surface area contributed by atoms with Gasteiger partial charge in [-0.25, -0.2) is 0 Å². The fourth-order valence-corrected chi connectivity index (χ4v) is 2.60. The van der Waals surface area contributed by atoms with Crippen molar-refractivity contribution in [1.82, 2.24) is 0 Å². The van der Waals surface area contributed by atoms with E-state index >= 15 is 0 Å². The summed E-state index contributed by atoms with van der Waals surface area (Å²) < 4.78 is 10.4. The summed E-state index contributed by atoms with van der Waals surface area (Å²) in [6.45, 7) is 0.0864. The van der Waals surface area contributed by atoms with E-state index in [1.807, 2.05) is 0 Å². The van der Waals surface area contributed by atoms with Gasteiger partial charge in [-0.2, -0.15) is 0 Å². The number of carbonyl (C=O) groups excluding carboxylic acids is 1. The Balaban J connectivity index is 1.87. The van der Waals surface area contributed by atoms with Gasteiger partial charge in [-0.3, -0.25) is 4.79 Å². The second-order valence-corrected chi connectivity index (χ2v) is 5.52. The van der Waals surface area contributed by atoms with Crippen LogP contribution in [0, 0.1) is 0 Å². The molecule has 1 heterocycles. The SMILES string of the molecule is O=C(Nc1ccc(Cl)cc1Cl)c1cc(Cl)c2c(c1)OCO2. The molecule has 0 aromatic heterocycles. The van der Waals surface area contributed by atoms with Gasteiger partial charge in [-0.1, -0.05) is 34.8 Å². The van der Waals surface area contributed by atoms with Crippen molar-refractivity contribution >= 4 is 46.4 Å². The van der Waals surface area contributed by atoms with E-state index in [9.17, 15) is 4.79 Å². The molecule has 1 aliphatic heterocycles. The third-order valence-electron chi connectivity index (χ3n) is 2.87. The van der Waals surface area contributed by atoms with Crippen molar-refractivity contribution in [2.45, 2.75) is 0 Å². The number of nitrogens with one attached hydrogen (secondary N) is 1. The van der Waals surface area contributed by atoms with E-state index in [2.05, 4.69) is 5.32 Å². The monoisotopic (exact) mass is 343 g/mol. The molecule has 108 valence electrons. The first kappa shape index (κ1) is 14.3. The number of hydrogen-bond donors (Lipinski definition) is 1. The van der Waals surface area contributed by atoms with Crippen molar-refractivity contribution < 1.29 is 14.3 Å². The zero-order valence-corrected chi connectivity index (χ0v) is 12.7. The normalized spacial score (nSPS) is 12.3. The molecule has 0 saturated carbocycles. The van der Waals surface area contributed by atoms with Crippen LogP contribution in [0.2, 0.25) is 15.1 Å². The Morgan fingerprint density at radius 3 is 2.62 bits per heavy atom. The molecule has 0 saturated heterocycles. The molecule has 0 spiro atoms. The molecule has 2 aromatic carbocycles. The molecule has 3 rings (SSSR count). The van der Waals surface area contributed by atoms with Gasteiger partial charge in [-0.05, 0) is 30.3 Å². The fraction of sp³-hybridized carbons (Fsp3) is 0.0714. The molecule has 0 radical (unpaired) electrons. The molecule has 0 aliphatic carbocycles. The van der Waals surface area contributed by atoms with Gasteiger partial charge in [0, 0.05) is 10.6 Å². The van der Waals surface area contributed by atoms with E-state index in [4.69, 9.17) is 44.3 Å². The van der Waals surface area contributed by atoms with Gasteiger partial charge in [0.1, 0.15) is 0 Å². The number of benzene rings is 2. The second-order valence-electron chi connectivity index (χ2n) is 4.27. The fourth-order valence-electron chi connectivity index (χ4n) is 1.88. The smallest absolute Gasteiger partial charge is 0.255 e. The summed E-state index contributed by atoms with van der Waals surface area (Å²) >= 11 is 17.9. The van der Waals surface area contributed by atoms with Gasteiger partial charge in [0.25, 0.3) is 5.91 Å². The number of carbonyl (C=O) groups is 1. The van der Waals surface area contributed by atoms with Crippen LogP contribution in [0.15, 0.2) is 30.3 Å². The van der Waals surface area contributed by atoms with Gasteiger partial charge < -0.3 is 14.8 Å². The highest BCUT2D eigenvalue weighted by Gasteiger charge is 2.21. The van der Waals surface area contributed by atoms with E-state index in [-0.39, 0.29) is 12.7 Å². The summed E-state index contributed by atoms with van der Waals surface area (Å²) in [7, 11) is 0. The zero-order chi connectivity index (χ0) is 15.0. The van der Waals surface area contributed by atoms with Crippen LogP contribution in [0.5, 0.6) is 11.5 Å². The summed E-state index contributed by atoms with van der Waals surface area (Å²) in [5, 5.41) is 3.84. The number of amides is 1. The number of anilines is 1. The van der Waals surface area contributed by atoms with E-state index < -0.39 is 0 Å². The molecule has 2 aromatic rings. The van der Waals surface area contributed by atoms with Crippen molar-refractivity contribution in [3.05, 3.63) is 51.0 Å². The Morgan fingerprint density at radius 2 is 1.86 bits per heavy atom. The third-order valence-corrected chi connectivity index (χ3v) is 3.70. The Morgan fingerprint density at radius 1 is 1.05 bits per heavy atom. The molecule has 21 heavy (non-hydrogen) atoms. The third kappa shape index (κ3) is 2.88. The predicted molar refractivity (Wildman–Crippen MR) is 82.0 cm³/mol. The highest BCUT2D eigenvalue weighted by Crippen LogP contribution is 2.40. The van der Waals surface area contributed by atoms with E-state index in [1.165, 1.54) is 6.07 Å². The first-order valence-electron chi connectivity index (χ1n) is 5.90. The lowest BCUT2D eigenvalue weighted by molar-refractivity contribution is 0.102. The summed E-state index contributed by atoms with van der Waals surface area (Å²) in [5.41, 5.74) is 0.801. The number of halogens is 3. The number of ether oxygens (including phenoxy) is 2. The molecular weight excluding hydrogens is 337 g/mol. The summed E-state index contributed by atoms with van der Waals surface area (Å²) in [6.07, 6.45) is 0. The van der Waals surface area contributed by atoms with E-state index in [0.717, 1.165) is 0 Å². The number of rotatable bonds is 2. The number of fused-ring (bicyclic) bond motifs is 1. The molecule has 0 fully saturated rings. The topological polar surface area (TPSA) is 47.6 Å². The van der Waals surface area contributed by atoms with Crippen molar-refractivity contribution in [2.75, 3.05) is 12.1 Å². The molecule has 0 unspecified atom stereocenters. The van der Waals surface area contributed by atoms with Crippen LogP contribution in [-0.2, 0) is 0 Å². The largest absolute Gasteiger partial charge is 0.454 e. The Kier molecular flexibility index (Phi) is 3.85. The highest BCUT2D eigenvalue weighted by molar-refractivity contribution is 6.37. The molecule has 0 atom stereocenters. The molecule has 0 bridgehead atoms. The van der Waals surface area contributed by atoms with Crippen LogP contribution < -0.4 is 14.8 Å². The maximum Gasteiger partial charge on any atom is 0.255 e. The highest BCUT2D eigenvalue weighted by atomic mass is 35.5. The van der Waals surface area contributed by atoms with Gasteiger partial charge in [0.15, 0.2) is 11.5 Å². The van der Waals surface area contributed by atoms with Crippen LogP contribution in [0.3, 0.4) is 0 Å². The van der Waals surface area contributed by atoms with E-state index in [1.54, 1.807) is 24.3 Å². The average molecular weight is 345 g/mol. The van der Waals surface area contributed by atoms with Gasteiger partial charge in [-0.15, -0.1) is 0 Å². The van der Waals surface area contributed by atoms with Crippen molar-refractivity contribution in [3.63, 3.8) is 0 Å². The first-order valence-corrected chi connectivity index (χ1v) is 7.03. The van der Waals surface area contributed by atoms with Crippen LogP contribution >= 0.6 is 34.8 Å². The van der Waals surface area contributed by atoms with Crippen molar-refractivity contribution in [1.29, 1.82) is 0 Å². The predicted octanol–water partition coefficient (Wildman–Crippen LogP) is 4.63. The van der Waals surface area contributed by atoms with Gasteiger partial charge in [0.05, 0.1) is 15.7 Å². The minimum Gasteiger partial charge on any atom is -0.454 e. The van der Waals surface area contributed by atoms with Crippen LogP contribution in [0.4, 0.5) is 5.69 Å². The maximum atomic E-state index is 12.2. The Hall–Kier alpha value is -1.62. The van der Waals surface area contributed by atoms with Crippen molar-refractivity contribution in [2.24, 2.45) is 0 Å². The molecule has 1 aliphatic rings. The lowest BCUT2D eigenvalue weighted by atomic mass is 10.2. The molecular formula is C14H8Cl3NO3. The molecule has 1 amide bonds. The standard InChI is InChI=1S/C14H8Cl3NO3/c15-8-1-2-11(9(16)5-8)18-14(19)7-3-10(17)13-12(4-7)20-6-21-13/h1-5H,6H2,(H,18,19). The summed E-state index contributed by atoms with van der Waals surface area (Å²) in [6, 6.07) is 7.87. The molecule has 7 heteroatoms. The lowest BCUT2D eigenvalue weighted by Crippen LogP contribution is -2.12. The first-order chi connectivity index (χ1) is 10.0. The second kappa shape index (κ2) is 5.64. The maximum absolute atomic E-state index is 12.2. The Bertz CT molecular complexity index is 734. The van der Waals surface area contributed by atoms with Crippen molar-refractivity contribution in [3.8, 4) is 11.5 Å². The zero-order valence-electron chi connectivity index (χ0n) is 10.5. The number of hydrogen-bond acceptors (Lipinski definition) is 3. The van der Waals surface area contributed by atoms with Gasteiger partial charge >= 0.3 is 0 Å². The summed E-state index contributed by atoms with van der Waals surface area (Å²) in [5.74, 6) is 0.520. The van der Waals surface area contributed by atoms with Crippen LogP contribution in [0.25, 0.3) is 0 Å². The average Bonchev–Trinajstić information content (AvgIpc) is 2.90. The molecule has 1 N–H and O–H groups in total. The minimum absolute atomic E-state index is 0.0864.